The molecule has 0 saturated carbocycles. The molecule has 28 heavy (non-hydrogen) atoms. The van der Waals surface area contributed by atoms with Crippen molar-refractivity contribution in [1.29, 1.82) is 0 Å². The van der Waals surface area contributed by atoms with Gasteiger partial charge in [0, 0.05) is 10.9 Å². The quantitative estimate of drug-likeness (QED) is 0.600. The van der Waals surface area contributed by atoms with Crippen molar-refractivity contribution in [3.05, 3.63) is 60.0 Å². The normalized spacial score (nSPS) is 11.2. The van der Waals surface area contributed by atoms with Crippen LogP contribution < -0.4 is 10.1 Å². The molecule has 8 heteroatoms. The Morgan fingerprint density at radius 1 is 1.11 bits per heavy atom. The zero-order valence-corrected chi connectivity index (χ0v) is 16.9. The lowest BCUT2D eigenvalue weighted by molar-refractivity contribution is -0.113. The average Bonchev–Trinajstić information content (AvgIpc) is 3.15. The second-order valence-electron chi connectivity index (χ2n) is 6.03. The molecule has 6 nitrogen and oxygen atoms in total. The number of hydrogen-bond acceptors (Lipinski definition) is 6. The molecule has 1 aromatic heterocycles. The van der Waals surface area contributed by atoms with E-state index in [1.165, 1.54) is 23.5 Å². The topological polar surface area (TPSA) is 85.4 Å². The minimum Gasteiger partial charge on any atom is -0.494 e. The number of aromatic nitrogens is 1. The second-order valence-corrected chi connectivity index (χ2v) is 8.88. The number of benzene rings is 2. The van der Waals surface area contributed by atoms with Crippen LogP contribution in [0.5, 0.6) is 5.75 Å². The first-order valence-corrected chi connectivity index (χ1v) is 11.3. The maximum absolute atomic E-state index is 12.3. The summed E-state index contributed by atoms with van der Waals surface area (Å²) in [6, 6.07) is 15.4. The molecule has 0 aliphatic carbocycles. The zero-order chi connectivity index (χ0) is 20.0. The Bertz CT molecular complexity index is 1030. The highest BCUT2D eigenvalue weighted by Crippen LogP contribution is 2.26. The third kappa shape index (κ3) is 5.17. The smallest absolute Gasteiger partial charge is 0.241 e. The maximum Gasteiger partial charge on any atom is 0.241 e. The number of rotatable bonds is 8. The van der Waals surface area contributed by atoms with Crippen LogP contribution in [-0.4, -0.2) is 31.7 Å². The van der Waals surface area contributed by atoms with E-state index in [1.54, 1.807) is 18.2 Å². The van der Waals surface area contributed by atoms with Crippen LogP contribution in [0.4, 0.5) is 5.13 Å². The monoisotopic (exact) mass is 416 g/mol. The molecule has 0 spiro atoms. The van der Waals surface area contributed by atoms with Crippen LogP contribution in [0.1, 0.15) is 13.3 Å². The summed E-state index contributed by atoms with van der Waals surface area (Å²) in [6.07, 6.45) is 0.941. The number of hydrogen-bond donors (Lipinski definition) is 1. The molecule has 0 bridgehead atoms. The average molecular weight is 417 g/mol. The van der Waals surface area contributed by atoms with E-state index in [0.29, 0.717) is 17.4 Å². The highest BCUT2D eigenvalue weighted by atomic mass is 32.2. The standard InChI is InChI=1S/C20H20N2O4S2/c1-2-12-26-16-10-8-15(9-11-16)18-13-27-20(21-18)22-19(23)14-28(24,25)17-6-4-3-5-7-17/h3-11,13H,2,12,14H2,1H3,(H,21,22,23). The molecule has 3 rings (SSSR count). The van der Waals surface area contributed by atoms with Gasteiger partial charge in [-0.1, -0.05) is 25.1 Å². The summed E-state index contributed by atoms with van der Waals surface area (Å²) in [7, 11) is -3.69. The van der Waals surface area contributed by atoms with E-state index >= 15 is 0 Å². The first-order chi connectivity index (χ1) is 13.5. The SMILES string of the molecule is CCCOc1ccc(-c2csc(NC(=O)CS(=O)(=O)c3ccccc3)n2)cc1. The van der Waals surface area contributed by atoms with E-state index < -0.39 is 21.5 Å². The molecule has 0 saturated heterocycles. The van der Waals surface area contributed by atoms with Crippen molar-refractivity contribution in [2.24, 2.45) is 0 Å². The minimum absolute atomic E-state index is 0.121. The molecule has 3 aromatic rings. The summed E-state index contributed by atoms with van der Waals surface area (Å²) in [5.41, 5.74) is 1.59. The van der Waals surface area contributed by atoms with E-state index in [1.807, 2.05) is 36.6 Å². The van der Waals surface area contributed by atoms with E-state index in [9.17, 15) is 13.2 Å². The Morgan fingerprint density at radius 2 is 1.82 bits per heavy atom. The third-order valence-corrected chi connectivity index (χ3v) is 6.19. The number of carbonyl (C=O) groups excluding carboxylic acids is 1. The van der Waals surface area contributed by atoms with E-state index in [-0.39, 0.29) is 4.90 Å². The maximum atomic E-state index is 12.3. The molecule has 1 N–H and O–H groups in total. The lowest BCUT2D eigenvalue weighted by Gasteiger charge is -2.05. The summed E-state index contributed by atoms with van der Waals surface area (Å²) in [5, 5.41) is 4.73. The van der Waals surface area contributed by atoms with Crippen LogP contribution in [0.2, 0.25) is 0 Å². The van der Waals surface area contributed by atoms with Gasteiger partial charge in [0.1, 0.15) is 11.5 Å². The lowest BCUT2D eigenvalue weighted by atomic mass is 10.2. The Morgan fingerprint density at radius 3 is 2.50 bits per heavy atom. The fraction of sp³-hybridized carbons (Fsp3) is 0.200. The first-order valence-electron chi connectivity index (χ1n) is 8.74. The van der Waals surface area contributed by atoms with Gasteiger partial charge in [-0.2, -0.15) is 0 Å². The van der Waals surface area contributed by atoms with E-state index in [0.717, 1.165) is 17.7 Å². The molecule has 0 fully saturated rings. The fourth-order valence-corrected chi connectivity index (χ4v) is 4.34. The molecule has 0 unspecified atom stereocenters. The number of carbonyl (C=O) groups is 1. The third-order valence-electron chi connectivity index (χ3n) is 3.80. The van der Waals surface area contributed by atoms with Crippen molar-refractivity contribution in [3.8, 4) is 17.0 Å². The van der Waals surface area contributed by atoms with Crippen LogP contribution >= 0.6 is 11.3 Å². The summed E-state index contributed by atoms with van der Waals surface area (Å²) in [4.78, 5) is 16.6. The molecular formula is C20H20N2O4S2. The molecule has 0 aliphatic rings. The molecule has 2 aromatic carbocycles. The van der Waals surface area contributed by atoms with Crippen molar-refractivity contribution < 1.29 is 17.9 Å². The van der Waals surface area contributed by atoms with Gasteiger partial charge in [0.15, 0.2) is 15.0 Å². The molecule has 1 heterocycles. The van der Waals surface area contributed by atoms with Crippen molar-refractivity contribution >= 4 is 32.2 Å². The molecule has 0 aliphatic heterocycles. The van der Waals surface area contributed by atoms with Crippen molar-refractivity contribution in [2.75, 3.05) is 17.7 Å². The number of anilines is 1. The summed E-state index contributed by atoms with van der Waals surface area (Å²) in [6.45, 7) is 2.71. The van der Waals surface area contributed by atoms with Gasteiger partial charge in [-0.3, -0.25) is 4.79 Å². The largest absolute Gasteiger partial charge is 0.494 e. The highest BCUT2D eigenvalue weighted by Gasteiger charge is 2.20. The summed E-state index contributed by atoms with van der Waals surface area (Å²) in [5.74, 6) is -0.455. The predicted octanol–water partition coefficient (Wildman–Crippen LogP) is 4.01. The Hall–Kier alpha value is -2.71. The Kier molecular flexibility index (Phi) is 6.43. The van der Waals surface area contributed by atoms with Gasteiger partial charge in [0.25, 0.3) is 0 Å². The number of ether oxygens (including phenoxy) is 1. The molecule has 0 atom stereocenters. The van der Waals surface area contributed by atoms with Crippen LogP contribution in [-0.2, 0) is 14.6 Å². The predicted molar refractivity (Wildman–Crippen MR) is 110 cm³/mol. The molecule has 0 radical (unpaired) electrons. The Labute approximate surface area is 168 Å². The van der Waals surface area contributed by atoms with Crippen molar-refractivity contribution in [1.82, 2.24) is 4.98 Å². The summed E-state index contributed by atoms with van der Waals surface area (Å²) < 4.78 is 30.1. The van der Waals surface area contributed by atoms with Gasteiger partial charge in [-0.05, 0) is 42.8 Å². The summed E-state index contributed by atoms with van der Waals surface area (Å²) >= 11 is 1.24. The van der Waals surface area contributed by atoms with Crippen LogP contribution in [0.25, 0.3) is 11.3 Å². The lowest BCUT2D eigenvalue weighted by Crippen LogP contribution is -2.22. The van der Waals surface area contributed by atoms with Crippen LogP contribution in [0.3, 0.4) is 0 Å². The molecule has 146 valence electrons. The van der Waals surface area contributed by atoms with Crippen molar-refractivity contribution in [2.45, 2.75) is 18.2 Å². The van der Waals surface area contributed by atoms with Crippen LogP contribution in [0.15, 0.2) is 64.9 Å². The first kappa shape index (κ1) is 20.0. The minimum atomic E-state index is -3.69. The van der Waals surface area contributed by atoms with Gasteiger partial charge in [-0.15, -0.1) is 11.3 Å². The zero-order valence-electron chi connectivity index (χ0n) is 15.3. The van der Waals surface area contributed by atoms with Crippen molar-refractivity contribution in [3.63, 3.8) is 0 Å². The van der Waals surface area contributed by atoms with Gasteiger partial charge in [-0.25, -0.2) is 13.4 Å². The molecule has 1 amide bonds. The molecular weight excluding hydrogens is 396 g/mol. The van der Waals surface area contributed by atoms with E-state index in [2.05, 4.69) is 10.3 Å². The number of sulfone groups is 1. The van der Waals surface area contributed by atoms with Gasteiger partial charge < -0.3 is 10.1 Å². The number of thiazole rings is 1. The van der Waals surface area contributed by atoms with Gasteiger partial charge in [0.2, 0.25) is 5.91 Å². The Balaban J connectivity index is 1.63. The number of nitrogens with one attached hydrogen (secondary N) is 1. The van der Waals surface area contributed by atoms with Gasteiger partial charge >= 0.3 is 0 Å². The van der Waals surface area contributed by atoms with Crippen LogP contribution in [0, 0.1) is 0 Å². The highest BCUT2D eigenvalue weighted by molar-refractivity contribution is 7.92. The number of amides is 1. The van der Waals surface area contributed by atoms with E-state index in [4.69, 9.17) is 4.74 Å². The van der Waals surface area contributed by atoms with Gasteiger partial charge in [0.05, 0.1) is 17.2 Å². The number of nitrogens with zero attached hydrogens (tertiary/aromatic N) is 1. The second kappa shape index (κ2) is 8.99. The fourth-order valence-electron chi connectivity index (χ4n) is 2.44.